The molecule has 4 heteroatoms. The predicted octanol–water partition coefficient (Wildman–Crippen LogP) is 2.51. The zero-order valence-corrected chi connectivity index (χ0v) is 10.8. The molecule has 0 N–H and O–H groups in total. The van der Waals surface area contributed by atoms with E-state index in [2.05, 4.69) is 6.92 Å². The van der Waals surface area contributed by atoms with Crippen LogP contribution in [0.5, 0.6) is 0 Å². The van der Waals surface area contributed by atoms with Gasteiger partial charge in [-0.3, -0.25) is 4.79 Å². The van der Waals surface area contributed by atoms with Gasteiger partial charge in [-0.2, -0.15) is 0 Å². The van der Waals surface area contributed by atoms with Gasteiger partial charge in [0.15, 0.2) is 6.29 Å². The van der Waals surface area contributed by atoms with Crippen LogP contribution in [-0.2, 0) is 19.0 Å². The topological polar surface area (TPSA) is 44.8 Å². The summed E-state index contributed by atoms with van der Waals surface area (Å²) in [5.41, 5.74) is 0. The highest BCUT2D eigenvalue weighted by Crippen LogP contribution is 2.08. The van der Waals surface area contributed by atoms with Crippen LogP contribution in [-0.4, -0.2) is 31.6 Å². The van der Waals surface area contributed by atoms with Crippen LogP contribution < -0.4 is 0 Å². The largest absolute Gasteiger partial charge is 0.460 e. The first kappa shape index (κ1) is 15.4. The second kappa shape index (κ2) is 9.60. The molecule has 0 fully saturated rings. The minimum atomic E-state index is -0.444. The second-order valence-electron chi connectivity index (χ2n) is 3.78. The zero-order chi connectivity index (χ0) is 12.4. The van der Waals surface area contributed by atoms with E-state index in [-0.39, 0.29) is 18.7 Å². The van der Waals surface area contributed by atoms with Gasteiger partial charge in [0.1, 0.15) is 6.61 Å². The van der Waals surface area contributed by atoms with Gasteiger partial charge in [0.2, 0.25) is 0 Å². The quantitative estimate of drug-likeness (QED) is 0.452. The highest BCUT2D eigenvalue weighted by Gasteiger charge is 2.14. The molecule has 0 bridgehead atoms. The van der Waals surface area contributed by atoms with Crippen molar-refractivity contribution in [3.8, 4) is 0 Å². The summed E-state index contributed by atoms with van der Waals surface area (Å²) in [5, 5.41) is 0. The fourth-order valence-corrected chi connectivity index (χ4v) is 1.32. The van der Waals surface area contributed by atoms with Crippen molar-refractivity contribution < 1.29 is 19.0 Å². The van der Waals surface area contributed by atoms with Gasteiger partial charge in [0.05, 0.1) is 6.10 Å². The molecular weight excluding hydrogens is 208 g/mol. The highest BCUT2D eigenvalue weighted by molar-refractivity contribution is 5.65. The Bertz CT molecular complexity index is 182. The summed E-state index contributed by atoms with van der Waals surface area (Å²) >= 11 is 0. The number of hydrogen-bond donors (Lipinski definition) is 0. The van der Waals surface area contributed by atoms with Gasteiger partial charge in [0, 0.05) is 13.5 Å². The van der Waals surface area contributed by atoms with Crippen LogP contribution in [0.4, 0.5) is 0 Å². The fraction of sp³-hybridized carbons (Fsp3) is 0.917. The number of esters is 1. The third-order valence-electron chi connectivity index (χ3n) is 2.12. The third kappa shape index (κ3) is 8.68. The van der Waals surface area contributed by atoms with Crippen molar-refractivity contribution in [2.45, 2.75) is 59.4 Å². The SMILES string of the molecule is CCCC[C@@H](C)OC(COC(C)=O)OCC. The van der Waals surface area contributed by atoms with E-state index in [0.29, 0.717) is 6.61 Å². The first-order valence-electron chi connectivity index (χ1n) is 6.00. The van der Waals surface area contributed by atoms with Crippen molar-refractivity contribution in [2.75, 3.05) is 13.2 Å². The maximum absolute atomic E-state index is 10.7. The molecular formula is C12H24O4. The second-order valence-corrected chi connectivity index (χ2v) is 3.78. The van der Waals surface area contributed by atoms with Gasteiger partial charge < -0.3 is 14.2 Å². The lowest BCUT2D eigenvalue weighted by Gasteiger charge is -2.21. The molecule has 0 aromatic carbocycles. The Morgan fingerprint density at radius 3 is 2.50 bits per heavy atom. The zero-order valence-electron chi connectivity index (χ0n) is 10.8. The van der Waals surface area contributed by atoms with Crippen molar-refractivity contribution in [1.29, 1.82) is 0 Å². The van der Waals surface area contributed by atoms with E-state index in [1.807, 2.05) is 13.8 Å². The number of carbonyl (C=O) groups is 1. The molecule has 2 atom stereocenters. The van der Waals surface area contributed by atoms with Crippen molar-refractivity contribution in [3.63, 3.8) is 0 Å². The Morgan fingerprint density at radius 1 is 1.31 bits per heavy atom. The van der Waals surface area contributed by atoms with Crippen LogP contribution in [0.15, 0.2) is 0 Å². The molecule has 0 heterocycles. The average Bonchev–Trinajstić information content (AvgIpc) is 2.23. The van der Waals surface area contributed by atoms with E-state index >= 15 is 0 Å². The molecule has 0 saturated heterocycles. The van der Waals surface area contributed by atoms with E-state index in [9.17, 15) is 4.79 Å². The first-order valence-corrected chi connectivity index (χ1v) is 6.00. The molecule has 0 saturated carbocycles. The van der Waals surface area contributed by atoms with Gasteiger partial charge in [0.25, 0.3) is 0 Å². The summed E-state index contributed by atoms with van der Waals surface area (Å²) in [5.74, 6) is -0.311. The van der Waals surface area contributed by atoms with Gasteiger partial charge in [-0.1, -0.05) is 19.8 Å². The van der Waals surface area contributed by atoms with Gasteiger partial charge in [-0.05, 0) is 20.3 Å². The van der Waals surface area contributed by atoms with Crippen LogP contribution in [0.3, 0.4) is 0 Å². The summed E-state index contributed by atoms with van der Waals surface area (Å²) in [6.07, 6.45) is 2.97. The van der Waals surface area contributed by atoms with E-state index < -0.39 is 6.29 Å². The third-order valence-corrected chi connectivity index (χ3v) is 2.12. The van der Waals surface area contributed by atoms with E-state index in [1.165, 1.54) is 6.92 Å². The molecule has 0 amide bonds. The minimum absolute atomic E-state index is 0.132. The van der Waals surface area contributed by atoms with Gasteiger partial charge in [-0.25, -0.2) is 0 Å². The van der Waals surface area contributed by atoms with Crippen LogP contribution in [0.25, 0.3) is 0 Å². The van der Waals surface area contributed by atoms with Crippen molar-refractivity contribution in [3.05, 3.63) is 0 Å². The van der Waals surface area contributed by atoms with Crippen molar-refractivity contribution in [1.82, 2.24) is 0 Å². The molecule has 96 valence electrons. The number of rotatable bonds is 9. The van der Waals surface area contributed by atoms with E-state index in [0.717, 1.165) is 19.3 Å². The molecule has 0 aromatic rings. The van der Waals surface area contributed by atoms with Crippen molar-refractivity contribution in [2.24, 2.45) is 0 Å². The molecule has 0 rings (SSSR count). The Hall–Kier alpha value is -0.610. The highest BCUT2D eigenvalue weighted by atomic mass is 16.7. The molecule has 0 aliphatic carbocycles. The smallest absolute Gasteiger partial charge is 0.302 e. The number of carbonyl (C=O) groups excluding carboxylic acids is 1. The molecule has 1 unspecified atom stereocenters. The Balaban J connectivity index is 3.85. The lowest BCUT2D eigenvalue weighted by Crippen LogP contribution is -2.28. The van der Waals surface area contributed by atoms with Crippen LogP contribution in [0.2, 0.25) is 0 Å². The Labute approximate surface area is 98.3 Å². The maximum atomic E-state index is 10.7. The Morgan fingerprint density at radius 2 is 2.00 bits per heavy atom. The monoisotopic (exact) mass is 232 g/mol. The van der Waals surface area contributed by atoms with Gasteiger partial charge >= 0.3 is 5.97 Å². The number of unbranched alkanes of at least 4 members (excludes halogenated alkanes) is 1. The molecule has 0 aliphatic rings. The standard InChI is InChI=1S/C12H24O4/c1-5-7-8-10(3)16-12(14-6-2)9-15-11(4)13/h10,12H,5-9H2,1-4H3/t10-,12?/m1/s1. The van der Waals surface area contributed by atoms with E-state index in [1.54, 1.807) is 0 Å². The number of hydrogen-bond acceptors (Lipinski definition) is 4. The fourth-order valence-electron chi connectivity index (χ4n) is 1.32. The average molecular weight is 232 g/mol. The summed E-state index contributed by atoms with van der Waals surface area (Å²) in [7, 11) is 0. The molecule has 0 radical (unpaired) electrons. The molecule has 0 spiro atoms. The summed E-state index contributed by atoms with van der Waals surface area (Å²) in [4.78, 5) is 10.7. The summed E-state index contributed by atoms with van der Waals surface area (Å²) in [6, 6.07) is 0. The number of ether oxygens (including phenoxy) is 3. The lowest BCUT2D eigenvalue weighted by atomic mass is 10.2. The van der Waals surface area contributed by atoms with Crippen LogP contribution in [0, 0.1) is 0 Å². The summed E-state index contributed by atoms with van der Waals surface area (Å²) < 4.78 is 15.9. The van der Waals surface area contributed by atoms with Crippen LogP contribution in [0.1, 0.15) is 47.0 Å². The van der Waals surface area contributed by atoms with Crippen LogP contribution >= 0.6 is 0 Å². The van der Waals surface area contributed by atoms with Crippen molar-refractivity contribution >= 4 is 5.97 Å². The first-order chi connectivity index (χ1) is 7.60. The lowest BCUT2D eigenvalue weighted by molar-refractivity contribution is -0.195. The minimum Gasteiger partial charge on any atom is -0.460 e. The maximum Gasteiger partial charge on any atom is 0.302 e. The Kier molecular flexibility index (Phi) is 9.24. The normalized spacial score (nSPS) is 14.5. The molecule has 4 nitrogen and oxygen atoms in total. The molecule has 0 aliphatic heterocycles. The molecule has 0 aromatic heterocycles. The van der Waals surface area contributed by atoms with Gasteiger partial charge in [-0.15, -0.1) is 0 Å². The summed E-state index contributed by atoms with van der Waals surface area (Å²) in [6.45, 7) is 8.14. The van der Waals surface area contributed by atoms with E-state index in [4.69, 9.17) is 14.2 Å². The predicted molar refractivity (Wildman–Crippen MR) is 62.1 cm³/mol. The molecule has 16 heavy (non-hydrogen) atoms.